The van der Waals surface area contributed by atoms with E-state index in [1.165, 1.54) is 0 Å². The Labute approximate surface area is 85.5 Å². The molecule has 0 atom stereocenters. The van der Waals surface area contributed by atoms with E-state index in [-0.39, 0.29) is 5.78 Å². The molecular weight excluding hydrogens is 172 g/mol. The number of allylic oxidation sites excluding steroid dienone is 1. The molecule has 0 amide bonds. The van der Waals surface area contributed by atoms with Crippen molar-refractivity contribution in [3.05, 3.63) is 47.5 Å². The van der Waals surface area contributed by atoms with E-state index in [4.69, 9.17) is 0 Å². The van der Waals surface area contributed by atoms with Crippen molar-refractivity contribution in [1.82, 2.24) is 0 Å². The fourth-order valence-electron chi connectivity index (χ4n) is 1.61. The molecule has 0 aromatic heterocycles. The molecule has 0 aliphatic heterocycles. The highest BCUT2D eigenvalue weighted by Crippen LogP contribution is 2.16. The van der Waals surface area contributed by atoms with Crippen molar-refractivity contribution in [2.75, 3.05) is 0 Å². The molecule has 74 valence electrons. The molecule has 1 heteroatoms. The highest BCUT2D eigenvalue weighted by atomic mass is 16.1. The van der Waals surface area contributed by atoms with Crippen LogP contribution in [0.1, 0.15) is 34.3 Å². The van der Waals surface area contributed by atoms with Crippen molar-refractivity contribution in [3.8, 4) is 0 Å². The standard InChI is InChI=1S/C13H16O/c1-4-5-9-12(14)13-10(2)7-6-8-11(13)3/h4,6-8H,1,5,9H2,2-3H3. The number of hydrogen-bond acceptors (Lipinski definition) is 1. The summed E-state index contributed by atoms with van der Waals surface area (Å²) in [7, 11) is 0. The third kappa shape index (κ3) is 2.32. The first-order valence-electron chi connectivity index (χ1n) is 4.87. The normalized spacial score (nSPS) is 9.86. The first-order chi connectivity index (χ1) is 6.66. The van der Waals surface area contributed by atoms with Crippen LogP contribution in [0.25, 0.3) is 0 Å². The van der Waals surface area contributed by atoms with Crippen molar-refractivity contribution >= 4 is 5.78 Å². The summed E-state index contributed by atoms with van der Waals surface area (Å²) in [6.07, 6.45) is 3.10. The summed E-state index contributed by atoms with van der Waals surface area (Å²) in [4.78, 5) is 11.8. The quantitative estimate of drug-likeness (QED) is 0.522. The molecule has 0 unspecified atom stereocenters. The second kappa shape index (κ2) is 4.75. The highest BCUT2D eigenvalue weighted by molar-refractivity contribution is 5.98. The van der Waals surface area contributed by atoms with E-state index >= 15 is 0 Å². The zero-order chi connectivity index (χ0) is 10.6. The lowest BCUT2D eigenvalue weighted by Crippen LogP contribution is -2.03. The Balaban J connectivity index is 2.94. The van der Waals surface area contributed by atoms with Crippen LogP contribution in [0, 0.1) is 13.8 Å². The molecule has 0 radical (unpaired) electrons. The van der Waals surface area contributed by atoms with Gasteiger partial charge in [0.25, 0.3) is 0 Å². The average Bonchev–Trinajstić information content (AvgIpc) is 2.14. The highest BCUT2D eigenvalue weighted by Gasteiger charge is 2.10. The molecule has 0 spiro atoms. The molecule has 0 saturated carbocycles. The number of Topliss-reactive ketones (excluding diaryl/α,β-unsaturated/α-hetero) is 1. The Morgan fingerprint density at radius 2 is 1.93 bits per heavy atom. The fraction of sp³-hybridized carbons (Fsp3) is 0.308. The van der Waals surface area contributed by atoms with Gasteiger partial charge in [-0.2, -0.15) is 0 Å². The van der Waals surface area contributed by atoms with Gasteiger partial charge in [-0.3, -0.25) is 4.79 Å². The van der Waals surface area contributed by atoms with E-state index in [0.29, 0.717) is 6.42 Å². The van der Waals surface area contributed by atoms with E-state index in [1.54, 1.807) is 6.08 Å². The van der Waals surface area contributed by atoms with Crippen LogP contribution < -0.4 is 0 Å². The molecule has 0 aliphatic rings. The van der Waals surface area contributed by atoms with Gasteiger partial charge in [-0.1, -0.05) is 24.3 Å². The van der Waals surface area contributed by atoms with Crippen LogP contribution in [-0.2, 0) is 0 Å². The van der Waals surface area contributed by atoms with Crippen molar-refractivity contribution < 1.29 is 4.79 Å². The molecule has 1 nitrogen and oxygen atoms in total. The van der Waals surface area contributed by atoms with Gasteiger partial charge < -0.3 is 0 Å². The predicted molar refractivity (Wildman–Crippen MR) is 59.7 cm³/mol. The third-order valence-corrected chi connectivity index (χ3v) is 2.34. The van der Waals surface area contributed by atoms with Gasteiger partial charge in [0, 0.05) is 12.0 Å². The van der Waals surface area contributed by atoms with Crippen LogP contribution in [0.2, 0.25) is 0 Å². The largest absolute Gasteiger partial charge is 0.294 e. The summed E-state index contributed by atoms with van der Waals surface area (Å²) in [5, 5.41) is 0. The van der Waals surface area contributed by atoms with E-state index in [9.17, 15) is 4.79 Å². The topological polar surface area (TPSA) is 17.1 Å². The number of hydrogen-bond donors (Lipinski definition) is 0. The van der Waals surface area contributed by atoms with Gasteiger partial charge in [-0.15, -0.1) is 6.58 Å². The second-order valence-corrected chi connectivity index (χ2v) is 3.52. The Hall–Kier alpha value is -1.37. The van der Waals surface area contributed by atoms with Crippen molar-refractivity contribution in [2.24, 2.45) is 0 Å². The number of aryl methyl sites for hydroxylation is 2. The lowest BCUT2D eigenvalue weighted by molar-refractivity contribution is 0.0982. The minimum Gasteiger partial charge on any atom is -0.294 e. The van der Waals surface area contributed by atoms with Crippen LogP contribution in [0.5, 0.6) is 0 Å². The van der Waals surface area contributed by atoms with Crippen LogP contribution in [0.15, 0.2) is 30.9 Å². The molecule has 0 bridgehead atoms. The van der Waals surface area contributed by atoms with Gasteiger partial charge in [0.15, 0.2) is 5.78 Å². The second-order valence-electron chi connectivity index (χ2n) is 3.52. The lowest BCUT2D eigenvalue weighted by atomic mass is 9.97. The van der Waals surface area contributed by atoms with Gasteiger partial charge in [-0.05, 0) is 31.4 Å². The number of benzene rings is 1. The molecule has 14 heavy (non-hydrogen) atoms. The van der Waals surface area contributed by atoms with Crippen LogP contribution in [0.3, 0.4) is 0 Å². The molecule has 0 N–H and O–H groups in total. The van der Waals surface area contributed by atoms with E-state index in [0.717, 1.165) is 23.1 Å². The summed E-state index contributed by atoms with van der Waals surface area (Å²) in [5.74, 6) is 0.223. The van der Waals surface area contributed by atoms with Gasteiger partial charge in [0.05, 0.1) is 0 Å². The lowest BCUT2D eigenvalue weighted by Gasteiger charge is -2.07. The van der Waals surface area contributed by atoms with Crippen molar-refractivity contribution in [1.29, 1.82) is 0 Å². The van der Waals surface area contributed by atoms with Crippen molar-refractivity contribution in [3.63, 3.8) is 0 Å². The molecule has 0 heterocycles. The van der Waals surface area contributed by atoms with Gasteiger partial charge in [0.2, 0.25) is 0 Å². The summed E-state index contributed by atoms with van der Waals surface area (Å²) in [6.45, 7) is 7.58. The number of carbonyl (C=O) groups is 1. The van der Waals surface area contributed by atoms with Crippen LogP contribution in [0.4, 0.5) is 0 Å². The minimum absolute atomic E-state index is 0.223. The summed E-state index contributed by atoms with van der Waals surface area (Å²) >= 11 is 0. The van der Waals surface area contributed by atoms with E-state index in [2.05, 4.69) is 6.58 Å². The molecule has 0 aliphatic carbocycles. The summed E-state index contributed by atoms with van der Waals surface area (Å²) in [5.41, 5.74) is 3.02. The molecule has 1 aromatic carbocycles. The summed E-state index contributed by atoms with van der Waals surface area (Å²) < 4.78 is 0. The average molecular weight is 188 g/mol. The number of ketones is 1. The first-order valence-corrected chi connectivity index (χ1v) is 4.87. The zero-order valence-corrected chi connectivity index (χ0v) is 8.84. The monoisotopic (exact) mass is 188 g/mol. The van der Waals surface area contributed by atoms with Gasteiger partial charge >= 0.3 is 0 Å². The maximum atomic E-state index is 11.8. The predicted octanol–water partition coefficient (Wildman–Crippen LogP) is 3.45. The van der Waals surface area contributed by atoms with Gasteiger partial charge in [0.1, 0.15) is 0 Å². The minimum atomic E-state index is 0.223. The molecule has 1 rings (SSSR count). The Bertz CT molecular complexity index is 330. The Kier molecular flexibility index (Phi) is 3.63. The van der Waals surface area contributed by atoms with Crippen LogP contribution >= 0.6 is 0 Å². The fourth-order valence-corrected chi connectivity index (χ4v) is 1.61. The third-order valence-electron chi connectivity index (χ3n) is 2.34. The maximum absolute atomic E-state index is 11.8. The number of carbonyl (C=O) groups excluding carboxylic acids is 1. The number of rotatable bonds is 4. The van der Waals surface area contributed by atoms with E-state index < -0.39 is 0 Å². The first kappa shape index (κ1) is 10.7. The van der Waals surface area contributed by atoms with Crippen molar-refractivity contribution in [2.45, 2.75) is 26.7 Å². The van der Waals surface area contributed by atoms with E-state index in [1.807, 2.05) is 32.0 Å². The maximum Gasteiger partial charge on any atom is 0.163 e. The molecule has 0 fully saturated rings. The Morgan fingerprint density at radius 3 is 2.43 bits per heavy atom. The van der Waals surface area contributed by atoms with Crippen LogP contribution in [-0.4, -0.2) is 5.78 Å². The summed E-state index contributed by atoms with van der Waals surface area (Å²) in [6, 6.07) is 5.94. The smallest absolute Gasteiger partial charge is 0.163 e. The zero-order valence-electron chi connectivity index (χ0n) is 8.84. The molecular formula is C13H16O. The van der Waals surface area contributed by atoms with Gasteiger partial charge in [-0.25, -0.2) is 0 Å². The molecule has 0 saturated heterocycles. The molecule has 1 aromatic rings. The SMILES string of the molecule is C=CCCC(=O)c1c(C)cccc1C. The Morgan fingerprint density at radius 1 is 1.36 bits per heavy atom.